The van der Waals surface area contributed by atoms with E-state index in [0.717, 1.165) is 0 Å². The number of carbonyl (C=O) groups excluding carboxylic acids is 3. The van der Waals surface area contributed by atoms with Gasteiger partial charge in [-0.25, -0.2) is 0 Å². The molecule has 0 atom stereocenters. The fourth-order valence-electron chi connectivity index (χ4n) is 2.74. The molecule has 0 spiro atoms. The molecule has 1 aliphatic heterocycles. The minimum absolute atomic E-state index is 0.141. The highest BCUT2D eigenvalue weighted by Gasteiger charge is 2.27. The highest BCUT2D eigenvalue weighted by atomic mass is 32.2. The van der Waals surface area contributed by atoms with Crippen molar-refractivity contribution in [3.8, 4) is 0 Å². The van der Waals surface area contributed by atoms with Crippen molar-refractivity contribution in [3.63, 3.8) is 0 Å². The Bertz CT molecular complexity index is 655. The number of rotatable bonds is 7. The Balaban J connectivity index is 2.02. The second kappa shape index (κ2) is 9.27. The van der Waals surface area contributed by atoms with E-state index in [1.165, 1.54) is 11.8 Å². The number of anilines is 1. The Kier molecular flexibility index (Phi) is 7.06. The Morgan fingerprint density at radius 3 is 2.60 bits per heavy atom. The fourth-order valence-corrected chi connectivity index (χ4v) is 3.28. The van der Waals surface area contributed by atoms with E-state index in [1.807, 2.05) is 0 Å². The molecule has 2 rings (SSSR count). The van der Waals surface area contributed by atoms with Crippen LogP contribution in [0.5, 0.6) is 0 Å². The van der Waals surface area contributed by atoms with Gasteiger partial charge in [-0.1, -0.05) is 18.2 Å². The van der Waals surface area contributed by atoms with Gasteiger partial charge >= 0.3 is 0 Å². The number of nitrogens with one attached hydrogen (secondary N) is 1. The monoisotopic (exact) mass is 361 g/mol. The number of amides is 3. The van der Waals surface area contributed by atoms with Gasteiger partial charge in [-0.2, -0.15) is 0 Å². The molecule has 1 fully saturated rings. The van der Waals surface area contributed by atoms with Gasteiger partial charge in [0.1, 0.15) is 0 Å². The molecule has 7 heteroatoms. The van der Waals surface area contributed by atoms with Crippen molar-refractivity contribution in [2.24, 2.45) is 11.7 Å². The fraction of sp³-hybridized carbons (Fsp3) is 0.389. The van der Waals surface area contributed by atoms with Gasteiger partial charge in [-0.3, -0.25) is 14.4 Å². The summed E-state index contributed by atoms with van der Waals surface area (Å²) in [5.41, 5.74) is 6.30. The average Bonchev–Trinajstić information content (AvgIpc) is 2.62. The molecule has 0 radical (unpaired) electrons. The van der Waals surface area contributed by atoms with Crippen LogP contribution in [0.1, 0.15) is 23.2 Å². The van der Waals surface area contributed by atoms with Crippen molar-refractivity contribution < 1.29 is 14.4 Å². The maximum atomic E-state index is 12.8. The van der Waals surface area contributed by atoms with E-state index in [-0.39, 0.29) is 23.6 Å². The molecule has 6 nitrogen and oxygen atoms in total. The average molecular weight is 361 g/mol. The molecule has 0 saturated carbocycles. The number of nitrogens with two attached hydrogens (primary N) is 1. The minimum atomic E-state index is -0.309. The topological polar surface area (TPSA) is 92.5 Å². The van der Waals surface area contributed by atoms with E-state index < -0.39 is 0 Å². The SMILES string of the molecule is C=CCSCC(=O)Nc1ccccc1C(=O)N1CCC(C(N)=O)CC1. The van der Waals surface area contributed by atoms with Crippen LogP contribution in [0.25, 0.3) is 0 Å². The molecule has 1 aliphatic rings. The number of carbonyl (C=O) groups is 3. The molecule has 0 unspecified atom stereocenters. The van der Waals surface area contributed by atoms with Gasteiger partial charge in [0.2, 0.25) is 11.8 Å². The van der Waals surface area contributed by atoms with Gasteiger partial charge in [0.05, 0.1) is 17.0 Å². The summed E-state index contributed by atoms with van der Waals surface area (Å²) in [5, 5.41) is 2.80. The second-order valence-corrected chi connectivity index (χ2v) is 6.90. The molecule has 134 valence electrons. The zero-order valence-electron chi connectivity index (χ0n) is 14.1. The number of benzene rings is 1. The lowest BCUT2D eigenvalue weighted by Crippen LogP contribution is -2.42. The molecule has 0 bridgehead atoms. The molecule has 3 N–H and O–H groups in total. The zero-order valence-corrected chi connectivity index (χ0v) is 14.9. The first kappa shape index (κ1) is 19.1. The van der Waals surface area contributed by atoms with E-state index in [2.05, 4.69) is 11.9 Å². The first-order chi connectivity index (χ1) is 12.0. The number of likely N-dealkylation sites (tertiary alicyclic amines) is 1. The lowest BCUT2D eigenvalue weighted by atomic mass is 9.95. The van der Waals surface area contributed by atoms with Gasteiger partial charge in [-0.05, 0) is 25.0 Å². The molecule has 1 aromatic carbocycles. The Hall–Kier alpha value is -2.28. The second-order valence-electron chi connectivity index (χ2n) is 5.87. The van der Waals surface area contributed by atoms with Crippen LogP contribution in [0.3, 0.4) is 0 Å². The van der Waals surface area contributed by atoms with Crippen LogP contribution < -0.4 is 11.1 Å². The number of thioether (sulfide) groups is 1. The van der Waals surface area contributed by atoms with Crippen molar-refractivity contribution in [1.29, 1.82) is 0 Å². The summed E-state index contributed by atoms with van der Waals surface area (Å²) in [6.07, 6.45) is 2.90. The third kappa shape index (κ3) is 5.35. The predicted octanol–water partition coefficient (Wildman–Crippen LogP) is 1.88. The summed E-state index contributed by atoms with van der Waals surface area (Å²) in [6, 6.07) is 6.97. The first-order valence-corrected chi connectivity index (χ1v) is 9.34. The summed E-state index contributed by atoms with van der Waals surface area (Å²) in [4.78, 5) is 37.7. The van der Waals surface area contributed by atoms with Crippen molar-refractivity contribution in [2.75, 3.05) is 29.9 Å². The van der Waals surface area contributed by atoms with Gasteiger partial charge < -0.3 is 16.0 Å². The van der Waals surface area contributed by atoms with Crippen LogP contribution >= 0.6 is 11.8 Å². The summed E-state index contributed by atoms with van der Waals surface area (Å²) >= 11 is 1.46. The van der Waals surface area contributed by atoms with Gasteiger partial charge in [0.15, 0.2) is 0 Å². The maximum Gasteiger partial charge on any atom is 0.255 e. The molecule has 1 heterocycles. The molecule has 3 amide bonds. The minimum Gasteiger partial charge on any atom is -0.369 e. The third-order valence-corrected chi connectivity index (χ3v) is 5.02. The van der Waals surface area contributed by atoms with Gasteiger partial charge in [0, 0.05) is 24.8 Å². The van der Waals surface area contributed by atoms with Crippen LogP contribution in [0.2, 0.25) is 0 Å². The zero-order chi connectivity index (χ0) is 18.2. The van der Waals surface area contributed by atoms with Crippen molar-refractivity contribution in [3.05, 3.63) is 42.5 Å². The summed E-state index contributed by atoms with van der Waals surface area (Å²) < 4.78 is 0. The van der Waals surface area contributed by atoms with E-state index in [0.29, 0.717) is 48.7 Å². The molecule has 1 saturated heterocycles. The van der Waals surface area contributed by atoms with Gasteiger partial charge in [-0.15, -0.1) is 18.3 Å². The molecule has 0 aliphatic carbocycles. The maximum absolute atomic E-state index is 12.8. The highest BCUT2D eigenvalue weighted by Crippen LogP contribution is 2.22. The van der Waals surface area contributed by atoms with Crippen molar-refractivity contribution in [1.82, 2.24) is 4.90 Å². The van der Waals surface area contributed by atoms with Crippen LogP contribution in [0.15, 0.2) is 36.9 Å². The number of primary amides is 1. The van der Waals surface area contributed by atoms with E-state index in [1.54, 1.807) is 35.2 Å². The normalized spacial score (nSPS) is 14.8. The summed E-state index contributed by atoms with van der Waals surface area (Å²) in [6.45, 7) is 4.60. The Labute approximate surface area is 151 Å². The summed E-state index contributed by atoms with van der Waals surface area (Å²) in [7, 11) is 0. The van der Waals surface area contributed by atoms with Crippen molar-refractivity contribution >= 4 is 35.2 Å². The Morgan fingerprint density at radius 2 is 1.96 bits per heavy atom. The molecule has 25 heavy (non-hydrogen) atoms. The van der Waals surface area contributed by atoms with Crippen LogP contribution in [-0.4, -0.2) is 47.2 Å². The summed E-state index contributed by atoms with van der Waals surface area (Å²) in [5.74, 6) is 0.233. The molecule has 0 aromatic heterocycles. The lowest BCUT2D eigenvalue weighted by Gasteiger charge is -2.31. The lowest BCUT2D eigenvalue weighted by molar-refractivity contribution is -0.123. The molecule has 1 aromatic rings. The number of nitrogens with zero attached hydrogens (tertiary/aromatic N) is 1. The third-order valence-electron chi connectivity index (χ3n) is 4.08. The number of piperidine rings is 1. The number of para-hydroxylation sites is 1. The largest absolute Gasteiger partial charge is 0.369 e. The Morgan fingerprint density at radius 1 is 1.28 bits per heavy atom. The molecular weight excluding hydrogens is 338 g/mol. The number of hydrogen-bond acceptors (Lipinski definition) is 4. The van der Waals surface area contributed by atoms with E-state index >= 15 is 0 Å². The van der Waals surface area contributed by atoms with Gasteiger partial charge in [0.25, 0.3) is 5.91 Å². The van der Waals surface area contributed by atoms with Crippen LogP contribution in [0, 0.1) is 5.92 Å². The quantitative estimate of drug-likeness (QED) is 0.573. The van der Waals surface area contributed by atoms with Crippen LogP contribution in [-0.2, 0) is 9.59 Å². The van der Waals surface area contributed by atoms with E-state index in [4.69, 9.17) is 5.73 Å². The highest BCUT2D eigenvalue weighted by molar-refractivity contribution is 8.00. The van der Waals surface area contributed by atoms with Crippen molar-refractivity contribution in [2.45, 2.75) is 12.8 Å². The van der Waals surface area contributed by atoms with E-state index in [9.17, 15) is 14.4 Å². The first-order valence-electron chi connectivity index (χ1n) is 8.19. The predicted molar refractivity (Wildman–Crippen MR) is 100 cm³/mol. The smallest absolute Gasteiger partial charge is 0.255 e. The number of hydrogen-bond donors (Lipinski definition) is 2. The molecular formula is C18H23N3O3S. The van der Waals surface area contributed by atoms with Crippen LogP contribution in [0.4, 0.5) is 5.69 Å². The standard InChI is InChI=1S/C18H23N3O3S/c1-2-11-25-12-16(22)20-15-6-4-3-5-14(15)18(24)21-9-7-13(8-10-21)17(19)23/h2-6,13H,1,7-12H2,(H2,19,23)(H,20,22).